The number of phenolic OH excluding ortho intramolecular Hbond substituents is 1. The normalized spacial score (nSPS) is 18.3. The molecular formula is C15H16O3. The average Bonchev–Trinajstić information content (AvgIpc) is 2.40. The first-order chi connectivity index (χ1) is 8.70. The largest absolute Gasteiger partial charge is 0.507 e. The first-order valence-corrected chi connectivity index (χ1v) is 6.04. The molecule has 1 atom stereocenters. The Morgan fingerprint density at radius 1 is 1.50 bits per heavy atom. The second kappa shape index (κ2) is 5.54. The van der Waals surface area contributed by atoms with Gasteiger partial charge in [-0.05, 0) is 43.0 Å². The molecule has 0 saturated carbocycles. The number of hydrogen-bond acceptors (Lipinski definition) is 3. The minimum atomic E-state index is -0.493. The maximum atomic E-state index is 12.0. The molecule has 1 aliphatic rings. The van der Waals surface area contributed by atoms with Gasteiger partial charge in [0.05, 0.1) is 0 Å². The van der Waals surface area contributed by atoms with Crippen molar-refractivity contribution in [3.63, 3.8) is 0 Å². The van der Waals surface area contributed by atoms with Crippen molar-refractivity contribution in [3.8, 4) is 5.75 Å². The highest BCUT2D eigenvalue weighted by Crippen LogP contribution is 2.22. The Morgan fingerprint density at radius 3 is 3.00 bits per heavy atom. The first kappa shape index (κ1) is 12.4. The molecule has 18 heavy (non-hydrogen) atoms. The predicted octanol–water partition coefficient (Wildman–Crippen LogP) is 3.30. The summed E-state index contributed by atoms with van der Waals surface area (Å²) in [5.74, 6) is -0.557. The van der Waals surface area contributed by atoms with E-state index in [0.717, 1.165) is 24.8 Å². The molecule has 2 rings (SSSR count). The van der Waals surface area contributed by atoms with Crippen molar-refractivity contribution in [1.29, 1.82) is 0 Å². The van der Waals surface area contributed by atoms with Gasteiger partial charge in [0.1, 0.15) is 17.4 Å². The lowest BCUT2D eigenvalue weighted by Crippen LogP contribution is -2.18. The van der Waals surface area contributed by atoms with Crippen LogP contribution in [0.1, 0.15) is 35.2 Å². The minimum Gasteiger partial charge on any atom is -0.507 e. The van der Waals surface area contributed by atoms with Gasteiger partial charge in [0.2, 0.25) is 0 Å². The van der Waals surface area contributed by atoms with Crippen molar-refractivity contribution >= 4 is 12.0 Å². The van der Waals surface area contributed by atoms with Crippen LogP contribution in [0.5, 0.6) is 5.75 Å². The summed E-state index contributed by atoms with van der Waals surface area (Å²) in [7, 11) is 0. The van der Waals surface area contributed by atoms with Gasteiger partial charge < -0.3 is 9.84 Å². The summed E-state index contributed by atoms with van der Waals surface area (Å²) in [6, 6.07) is 4.75. The van der Waals surface area contributed by atoms with Crippen molar-refractivity contribution in [2.45, 2.75) is 25.4 Å². The van der Waals surface area contributed by atoms with Gasteiger partial charge in [-0.2, -0.15) is 0 Å². The molecule has 1 unspecified atom stereocenters. The Morgan fingerprint density at radius 2 is 2.33 bits per heavy atom. The van der Waals surface area contributed by atoms with Crippen LogP contribution in [-0.4, -0.2) is 17.2 Å². The summed E-state index contributed by atoms with van der Waals surface area (Å²) in [4.78, 5) is 12.0. The smallest absolute Gasteiger partial charge is 0.342 e. The third-order valence-corrected chi connectivity index (χ3v) is 2.94. The topological polar surface area (TPSA) is 46.5 Å². The third-order valence-electron chi connectivity index (χ3n) is 2.94. The van der Waals surface area contributed by atoms with Crippen molar-refractivity contribution < 1.29 is 14.6 Å². The van der Waals surface area contributed by atoms with Gasteiger partial charge in [0, 0.05) is 0 Å². The summed E-state index contributed by atoms with van der Waals surface area (Å²) >= 11 is 0. The van der Waals surface area contributed by atoms with Crippen LogP contribution in [-0.2, 0) is 4.74 Å². The molecule has 0 aliphatic heterocycles. The van der Waals surface area contributed by atoms with E-state index in [1.165, 1.54) is 6.07 Å². The van der Waals surface area contributed by atoms with Crippen LogP contribution >= 0.6 is 0 Å². The van der Waals surface area contributed by atoms with Crippen LogP contribution in [0.15, 0.2) is 36.9 Å². The Labute approximate surface area is 106 Å². The molecule has 1 aliphatic carbocycles. The molecule has 0 bridgehead atoms. The predicted molar refractivity (Wildman–Crippen MR) is 70.4 cm³/mol. The van der Waals surface area contributed by atoms with E-state index in [-0.39, 0.29) is 17.4 Å². The average molecular weight is 244 g/mol. The zero-order chi connectivity index (χ0) is 13.0. The number of rotatable bonds is 3. The third kappa shape index (κ3) is 2.80. The number of aromatic hydroxyl groups is 1. The fraction of sp³-hybridized carbons (Fsp3) is 0.267. The standard InChI is InChI=1S/C15H16O3/c1-2-11-8-9-14(16)13(10-11)15(17)18-12-6-4-3-5-7-12/h2,4,6,8-10,12,16H,1,3,5,7H2. The summed E-state index contributed by atoms with van der Waals surface area (Å²) in [5, 5.41) is 9.68. The highest BCUT2D eigenvalue weighted by Gasteiger charge is 2.18. The zero-order valence-electron chi connectivity index (χ0n) is 10.1. The van der Waals surface area contributed by atoms with Crippen molar-refractivity contribution in [2.75, 3.05) is 0 Å². The number of phenols is 1. The molecule has 94 valence electrons. The molecular weight excluding hydrogens is 228 g/mol. The molecule has 0 spiro atoms. The highest BCUT2D eigenvalue weighted by molar-refractivity contribution is 5.93. The lowest BCUT2D eigenvalue weighted by atomic mass is 10.1. The van der Waals surface area contributed by atoms with Gasteiger partial charge >= 0.3 is 5.97 Å². The summed E-state index contributed by atoms with van der Waals surface area (Å²) < 4.78 is 5.34. The van der Waals surface area contributed by atoms with Crippen molar-refractivity contribution in [2.24, 2.45) is 0 Å². The number of benzene rings is 1. The summed E-state index contributed by atoms with van der Waals surface area (Å²) in [6.45, 7) is 3.63. The molecule has 3 nitrogen and oxygen atoms in total. The van der Waals surface area contributed by atoms with Gasteiger partial charge in [0.15, 0.2) is 0 Å². The molecule has 3 heteroatoms. The quantitative estimate of drug-likeness (QED) is 0.655. The van der Waals surface area contributed by atoms with Crippen molar-refractivity contribution in [3.05, 3.63) is 48.1 Å². The van der Waals surface area contributed by atoms with E-state index < -0.39 is 5.97 Å². The van der Waals surface area contributed by atoms with Gasteiger partial charge in [-0.1, -0.05) is 24.8 Å². The Bertz CT molecular complexity index is 489. The molecule has 0 radical (unpaired) electrons. The van der Waals surface area contributed by atoms with E-state index in [9.17, 15) is 9.90 Å². The van der Waals surface area contributed by atoms with Gasteiger partial charge in [0.25, 0.3) is 0 Å². The SMILES string of the molecule is C=Cc1ccc(O)c(C(=O)OC2C=CCCC2)c1. The number of carbonyl (C=O) groups is 1. The van der Waals surface area contributed by atoms with Crippen LogP contribution in [0.4, 0.5) is 0 Å². The van der Waals surface area contributed by atoms with E-state index in [1.54, 1.807) is 18.2 Å². The minimum absolute atomic E-state index is 0.0645. The molecule has 1 N–H and O–H groups in total. The van der Waals surface area contributed by atoms with Gasteiger partial charge in [-0.3, -0.25) is 0 Å². The fourth-order valence-electron chi connectivity index (χ4n) is 1.92. The zero-order valence-corrected chi connectivity index (χ0v) is 10.1. The van der Waals surface area contributed by atoms with Crippen LogP contribution in [0, 0.1) is 0 Å². The Balaban J connectivity index is 2.14. The molecule has 1 aromatic carbocycles. The lowest BCUT2D eigenvalue weighted by Gasteiger charge is -2.17. The van der Waals surface area contributed by atoms with Crippen LogP contribution in [0.2, 0.25) is 0 Å². The second-order valence-corrected chi connectivity index (χ2v) is 4.28. The van der Waals surface area contributed by atoms with Crippen LogP contribution in [0.25, 0.3) is 6.08 Å². The van der Waals surface area contributed by atoms with E-state index in [1.807, 2.05) is 12.2 Å². The van der Waals surface area contributed by atoms with E-state index in [4.69, 9.17) is 4.74 Å². The summed E-state index contributed by atoms with van der Waals surface area (Å²) in [6.07, 6.45) is 8.24. The fourth-order valence-corrected chi connectivity index (χ4v) is 1.92. The summed E-state index contributed by atoms with van der Waals surface area (Å²) in [5.41, 5.74) is 0.963. The second-order valence-electron chi connectivity index (χ2n) is 4.28. The van der Waals surface area contributed by atoms with E-state index in [2.05, 4.69) is 6.58 Å². The van der Waals surface area contributed by atoms with E-state index >= 15 is 0 Å². The molecule has 1 aromatic rings. The van der Waals surface area contributed by atoms with Crippen molar-refractivity contribution in [1.82, 2.24) is 0 Å². The van der Waals surface area contributed by atoms with E-state index in [0.29, 0.717) is 0 Å². The Kier molecular flexibility index (Phi) is 3.82. The lowest BCUT2D eigenvalue weighted by molar-refractivity contribution is 0.0367. The van der Waals surface area contributed by atoms with Gasteiger partial charge in [-0.15, -0.1) is 0 Å². The number of carbonyl (C=O) groups excluding carboxylic acids is 1. The molecule has 0 heterocycles. The van der Waals surface area contributed by atoms with Gasteiger partial charge in [-0.25, -0.2) is 4.79 Å². The van der Waals surface area contributed by atoms with Crippen LogP contribution in [0.3, 0.4) is 0 Å². The molecule has 0 amide bonds. The number of ether oxygens (including phenoxy) is 1. The number of allylic oxidation sites excluding steroid dienone is 1. The maximum absolute atomic E-state index is 12.0. The van der Waals surface area contributed by atoms with Crippen LogP contribution < -0.4 is 0 Å². The number of esters is 1. The maximum Gasteiger partial charge on any atom is 0.342 e. The molecule has 0 saturated heterocycles. The molecule has 0 fully saturated rings. The Hall–Kier alpha value is -2.03. The molecule has 0 aromatic heterocycles. The number of hydrogen-bond donors (Lipinski definition) is 1. The monoisotopic (exact) mass is 244 g/mol. The first-order valence-electron chi connectivity index (χ1n) is 6.04. The highest BCUT2D eigenvalue weighted by atomic mass is 16.5.